The number of carbonyl (C=O) groups is 2. The van der Waals surface area contributed by atoms with E-state index >= 15 is 0 Å². The van der Waals surface area contributed by atoms with Gasteiger partial charge < -0.3 is 8.85 Å². The highest BCUT2D eigenvalue weighted by molar-refractivity contribution is 6.74. The lowest BCUT2D eigenvalue weighted by Gasteiger charge is -2.21. The van der Waals surface area contributed by atoms with Gasteiger partial charge in [-0.25, -0.2) is 0 Å². The van der Waals surface area contributed by atoms with Gasteiger partial charge in [-0.15, -0.1) is 0 Å². The molecule has 0 aliphatic rings. The maximum atomic E-state index is 10.9. The van der Waals surface area contributed by atoms with Gasteiger partial charge in [0.05, 0.1) is 0 Å². The molecule has 0 saturated carbocycles. The van der Waals surface area contributed by atoms with Crippen molar-refractivity contribution in [2.75, 3.05) is 0 Å². The van der Waals surface area contributed by atoms with Crippen molar-refractivity contribution >= 4 is 20.5 Å². The summed E-state index contributed by atoms with van der Waals surface area (Å²) in [5, 5.41) is 0. The maximum Gasteiger partial charge on any atom is 0.488 e. The second kappa shape index (κ2) is 7.22. The van der Waals surface area contributed by atoms with Gasteiger partial charge in [-0.05, 0) is 12.1 Å². The first-order valence-corrected chi connectivity index (χ1v) is 7.86. The molecule has 0 aliphatic heterocycles. The third kappa shape index (κ3) is 7.22. The highest BCUT2D eigenvalue weighted by Crippen LogP contribution is 2.11. The van der Waals surface area contributed by atoms with Crippen molar-refractivity contribution in [2.24, 2.45) is 0 Å². The lowest BCUT2D eigenvalue weighted by molar-refractivity contribution is -0.138. The van der Waals surface area contributed by atoms with Crippen LogP contribution in [0.25, 0.3) is 0 Å². The quantitative estimate of drug-likeness (QED) is 0.532. The minimum Gasteiger partial charge on any atom is -0.482 e. The van der Waals surface area contributed by atoms with E-state index in [1.165, 1.54) is 13.8 Å². The van der Waals surface area contributed by atoms with Crippen LogP contribution in [0.3, 0.4) is 0 Å². The van der Waals surface area contributed by atoms with Crippen LogP contribution in [0.4, 0.5) is 0 Å². The van der Waals surface area contributed by atoms with E-state index in [4.69, 9.17) is 8.85 Å². The topological polar surface area (TPSA) is 52.6 Å². The van der Waals surface area contributed by atoms with Gasteiger partial charge in [-0.2, -0.15) is 0 Å². The van der Waals surface area contributed by atoms with Gasteiger partial charge >= 0.3 is 8.56 Å². The molecule has 0 amide bonds. The third-order valence-electron chi connectivity index (χ3n) is 1.84. The molecule has 16 heavy (non-hydrogen) atoms. The highest BCUT2D eigenvalue weighted by atomic mass is 28.4. The Balaban J connectivity index is 4.45. The van der Waals surface area contributed by atoms with Crippen molar-refractivity contribution in [2.45, 2.75) is 46.6 Å². The first-order valence-electron chi connectivity index (χ1n) is 5.46. The molecule has 92 valence electrons. The van der Waals surface area contributed by atoms with Crippen LogP contribution in [0.1, 0.15) is 40.0 Å². The molecule has 0 aliphatic carbocycles. The predicted molar refractivity (Wildman–Crippen MR) is 63.8 cm³/mol. The average molecular weight is 244 g/mol. The molecule has 0 aromatic rings. The molecule has 4 nitrogen and oxygen atoms in total. The molecule has 0 rings (SSSR count). The van der Waals surface area contributed by atoms with E-state index in [9.17, 15) is 9.59 Å². The fourth-order valence-electron chi connectivity index (χ4n) is 1.28. The van der Waals surface area contributed by atoms with Crippen LogP contribution in [0.2, 0.25) is 6.55 Å². The zero-order valence-corrected chi connectivity index (χ0v) is 11.4. The van der Waals surface area contributed by atoms with Gasteiger partial charge in [-0.3, -0.25) is 9.59 Å². The van der Waals surface area contributed by atoms with E-state index < -0.39 is 20.5 Å². The summed E-state index contributed by atoms with van der Waals surface area (Å²) in [5.74, 6) is -0.842. The number of unbranched alkanes of at least 4 members (excludes halogenated alkanes) is 2. The van der Waals surface area contributed by atoms with Crippen molar-refractivity contribution in [3.8, 4) is 0 Å². The summed E-state index contributed by atoms with van der Waals surface area (Å²) in [6.45, 7) is 6.41. The molecule has 0 spiro atoms. The first kappa shape index (κ1) is 14.9. The van der Waals surface area contributed by atoms with E-state index in [-0.39, 0.29) is 0 Å². The van der Waals surface area contributed by atoms with Crippen molar-refractivity contribution in [1.82, 2.24) is 0 Å². The van der Waals surface area contributed by atoms with E-state index in [2.05, 4.69) is 6.92 Å². The predicted octanol–water partition coefficient (Wildman–Crippen LogP) is 2.47. The number of rotatable bonds is 6. The van der Waals surface area contributed by atoms with E-state index in [0.29, 0.717) is 0 Å². The molecule has 0 atom stereocenters. The minimum absolute atomic E-state index is 0.421. The van der Waals surface area contributed by atoms with Gasteiger partial charge in [0.1, 0.15) is 0 Å². The van der Waals surface area contributed by atoms with Crippen molar-refractivity contribution in [3.63, 3.8) is 0 Å². The SMILES string of the molecule is CCCC/C=C/[Si](C)(OC(C)=O)OC(C)=O. The lowest BCUT2D eigenvalue weighted by Crippen LogP contribution is -2.40. The molecule has 0 heterocycles. The average Bonchev–Trinajstić information content (AvgIpc) is 2.09. The van der Waals surface area contributed by atoms with Crippen molar-refractivity contribution in [1.29, 1.82) is 0 Å². The summed E-state index contributed by atoms with van der Waals surface area (Å²) < 4.78 is 10.2. The smallest absolute Gasteiger partial charge is 0.482 e. The molecule has 5 heteroatoms. The normalized spacial score (nSPS) is 11.5. The van der Waals surface area contributed by atoms with Crippen LogP contribution in [0.15, 0.2) is 11.8 Å². The van der Waals surface area contributed by atoms with Crippen LogP contribution < -0.4 is 0 Å². The monoisotopic (exact) mass is 244 g/mol. The standard InChI is InChI=1S/C11H20O4Si/c1-5-6-7-8-9-16(4,14-10(2)12)15-11(3)13/h8-9H,5-7H2,1-4H3/b9-8+. The number of hydrogen-bond donors (Lipinski definition) is 0. The Morgan fingerprint density at radius 2 is 1.69 bits per heavy atom. The van der Waals surface area contributed by atoms with Crippen molar-refractivity contribution < 1.29 is 18.4 Å². The molecular weight excluding hydrogens is 224 g/mol. The van der Waals surface area contributed by atoms with Crippen LogP contribution in [-0.4, -0.2) is 20.5 Å². The van der Waals surface area contributed by atoms with Gasteiger partial charge in [0.15, 0.2) is 0 Å². The molecule has 0 fully saturated rings. The molecule has 0 bridgehead atoms. The molecular formula is C11H20O4Si. The fourth-order valence-corrected chi connectivity index (χ4v) is 3.19. The minimum atomic E-state index is -2.81. The van der Waals surface area contributed by atoms with Gasteiger partial charge in [0.25, 0.3) is 11.9 Å². The number of allylic oxidation sites excluding steroid dienone is 1. The Labute approximate surface area is 97.9 Å². The lowest BCUT2D eigenvalue weighted by atomic mass is 10.2. The summed E-state index contributed by atoms with van der Waals surface area (Å²) in [7, 11) is -2.81. The summed E-state index contributed by atoms with van der Waals surface area (Å²) in [4.78, 5) is 21.8. The summed E-state index contributed by atoms with van der Waals surface area (Å²) in [5.41, 5.74) is 1.74. The van der Waals surface area contributed by atoms with Gasteiger partial charge in [0, 0.05) is 20.4 Å². The van der Waals surface area contributed by atoms with Crippen LogP contribution in [-0.2, 0) is 18.4 Å². The first-order chi connectivity index (χ1) is 7.39. The summed E-state index contributed by atoms with van der Waals surface area (Å²) in [6, 6.07) is 0. The second-order valence-corrected chi connectivity index (χ2v) is 6.52. The zero-order valence-electron chi connectivity index (χ0n) is 10.4. The highest BCUT2D eigenvalue weighted by Gasteiger charge is 2.34. The molecule has 0 radical (unpaired) electrons. The summed E-state index contributed by atoms with van der Waals surface area (Å²) in [6.07, 6.45) is 4.99. The van der Waals surface area contributed by atoms with E-state index in [1.807, 2.05) is 6.08 Å². The molecule has 0 N–H and O–H groups in total. The fraction of sp³-hybridized carbons (Fsp3) is 0.636. The van der Waals surface area contributed by atoms with E-state index in [0.717, 1.165) is 19.3 Å². The molecule has 0 unspecified atom stereocenters. The van der Waals surface area contributed by atoms with Crippen molar-refractivity contribution in [3.05, 3.63) is 11.8 Å². The Morgan fingerprint density at radius 3 is 2.06 bits per heavy atom. The summed E-state index contributed by atoms with van der Waals surface area (Å²) >= 11 is 0. The Bertz CT molecular complexity index is 257. The zero-order chi connectivity index (χ0) is 12.6. The second-order valence-electron chi connectivity index (χ2n) is 3.75. The molecule has 0 saturated heterocycles. The van der Waals surface area contributed by atoms with Gasteiger partial charge in [0.2, 0.25) is 0 Å². The van der Waals surface area contributed by atoms with E-state index in [1.54, 1.807) is 12.2 Å². The van der Waals surface area contributed by atoms with Crippen LogP contribution >= 0.6 is 0 Å². The molecule has 0 aromatic heterocycles. The number of carbonyl (C=O) groups excluding carboxylic acids is 2. The molecule has 0 aromatic carbocycles. The largest absolute Gasteiger partial charge is 0.488 e. The Hall–Kier alpha value is -1.10. The Morgan fingerprint density at radius 1 is 1.19 bits per heavy atom. The third-order valence-corrected chi connectivity index (χ3v) is 4.06. The van der Waals surface area contributed by atoms with Gasteiger partial charge in [-0.1, -0.05) is 25.8 Å². The maximum absolute atomic E-state index is 10.9. The van der Waals surface area contributed by atoms with Crippen LogP contribution in [0.5, 0.6) is 0 Å². The van der Waals surface area contributed by atoms with Crippen LogP contribution in [0, 0.1) is 0 Å². The Kier molecular flexibility index (Phi) is 6.72. The number of hydrogen-bond acceptors (Lipinski definition) is 4.